The van der Waals surface area contributed by atoms with Crippen molar-refractivity contribution in [3.63, 3.8) is 0 Å². The molecule has 1 amide bonds. The highest BCUT2D eigenvalue weighted by atomic mass is 79.9. The van der Waals surface area contributed by atoms with Gasteiger partial charge in [0.2, 0.25) is 0 Å². The second kappa shape index (κ2) is 5.75. The summed E-state index contributed by atoms with van der Waals surface area (Å²) in [5.41, 5.74) is 7.31. The monoisotopic (exact) mass is 320 g/mol. The summed E-state index contributed by atoms with van der Waals surface area (Å²) in [4.78, 5) is 12.0. The van der Waals surface area contributed by atoms with Crippen LogP contribution < -0.4 is 11.1 Å². The largest absolute Gasteiger partial charge is 0.508 e. The van der Waals surface area contributed by atoms with E-state index in [1.165, 1.54) is 6.07 Å². The van der Waals surface area contributed by atoms with Crippen LogP contribution in [0.25, 0.3) is 0 Å². The Kier molecular flexibility index (Phi) is 4.06. The van der Waals surface area contributed by atoms with Crippen molar-refractivity contribution >= 4 is 27.5 Å². The van der Waals surface area contributed by atoms with Crippen molar-refractivity contribution in [2.45, 2.75) is 6.54 Å². The van der Waals surface area contributed by atoms with Crippen LogP contribution in [0.5, 0.6) is 5.75 Å². The van der Waals surface area contributed by atoms with Gasteiger partial charge in [0.1, 0.15) is 5.75 Å². The molecule has 5 heteroatoms. The molecule has 0 bridgehead atoms. The third-order valence-corrected chi connectivity index (χ3v) is 3.35. The topological polar surface area (TPSA) is 75.3 Å². The number of nitrogens with one attached hydrogen (secondary N) is 1. The molecule has 4 nitrogen and oxygen atoms in total. The summed E-state index contributed by atoms with van der Waals surface area (Å²) in [5.74, 6) is -0.101. The minimum Gasteiger partial charge on any atom is -0.508 e. The smallest absolute Gasteiger partial charge is 0.252 e. The van der Waals surface area contributed by atoms with Gasteiger partial charge in [-0.15, -0.1) is 0 Å². The Bertz CT molecular complexity index is 614. The highest BCUT2D eigenvalue weighted by Crippen LogP contribution is 2.20. The van der Waals surface area contributed by atoms with Gasteiger partial charge in [-0.2, -0.15) is 0 Å². The van der Waals surface area contributed by atoms with E-state index in [-0.39, 0.29) is 18.2 Å². The van der Waals surface area contributed by atoms with Crippen LogP contribution in [0.4, 0.5) is 5.69 Å². The molecule has 2 aromatic carbocycles. The third kappa shape index (κ3) is 3.26. The van der Waals surface area contributed by atoms with Gasteiger partial charge in [0.25, 0.3) is 5.91 Å². The van der Waals surface area contributed by atoms with Crippen molar-refractivity contribution in [2.24, 2.45) is 0 Å². The first-order valence-electron chi connectivity index (χ1n) is 5.68. The lowest BCUT2D eigenvalue weighted by atomic mass is 10.1. The Morgan fingerprint density at radius 3 is 2.74 bits per heavy atom. The molecule has 98 valence electrons. The SMILES string of the molecule is Nc1ccc(O)c(CNC(=O)c2ccccc2Br)c1. The molecule has 0 unspecified atom stereocenters. The molecule has 0 fully saturated rings. The lowest BCUT2D eigenvalue weighted by Gasteiger charge is -2.09. The van der Waals surface area contributed by atoms with E-state index in [0.717, 1.165) is 4.47 Å². The average molecular weight is 321 g/mol. The van der Waals surface area contributed by atoms with E-state index in [2.05, 4.69) is 21.2 Å². The zero-order chi connectivity index (χ0) is 13.8. The van der Waals surface area contributed by atoms with Gasteiger partial charge in [0.05, 0.1) is 5.56 Å². The molecule has 0 aliphatic rings. The van der Waals surface area contributed by atoms with Crippen LogP contribution in [0, 0.1) is 0 Å². The summed E-state index contributed by atoms with van der Waals surface area (Å²) in [6.07, 6.45) is 0. The number of nitrogens with two attached hydrogens (primary N) is 1. The van der Waals surface area contributed by atoms with Gasteiger partial charge >= 0.3 is 0 Å². The number of nitrogen functional groups attached to an aromatic ring is 1. The number of carbonyl (C=O) groups excluding carboxylic acids is 1. The van der Waals surface area contributed by atoms with Crippen molar-refractivity contribution in [1.29, 1.82) is 0 Å². The van der Waals surface area contributed by atoms with E-state index < -0.39 is 0 Å². The second-order valence-corrected chi connectivity index (χ2v) is 4.91. The minimum absolute atomic E-state index is 0.113. The number of amides is 1. The van der Waals surface area contributed by atoms with Crippen molar-refractivity contribution in [3.8, 4) is 5.75 Å². The highest BCUT2D eigenvalue weighted by molar-refractivity contribution is 9.10. The van der Waals surface area contributed by atoms with Gasteiger partial charge < -0.3 is 16.2 Å². The quantitative estimate of drug-likeness (QED) is 0.601. The molecule has 0 aromatic heterocycles. The van der Waals surface area contributed by atoms with E-state index >= 15 is 0 Å². The van der Waals surface area contributed by atoms with E-state index in [1.54, 1.807) is 30.3 Å². The normalized spacial score (nSPS) is 10.2. The Morgan fingerprint density at radius 2 is 2.00 bits per heavy atom. The number of aromatic hydroxyl groups is 1. The number of phenolic OH excluding ortho intramolecular Hbond substituents is 1. The molecule has 0 radical (unpaired) electrons. The van der Waals surface area contributed by atoms with Gasteiger partial charge in [-0.1, -0.05) is 12.1 Å². The van der Waals surface area contributed by atoms with Gasteiger partial charge in [0.15, 0.2) is 0 Å². The van der Waals surface area contributed by atoms with Gasteiger partial charge in [-0.3, -0.25) is 4.79 Å². The van der Waals surface area contributed by atoms with Crippen LogP contribution in [0.15, 0.2) is 46.9 Å². The van der Waals surface area contributed by atoms with Gasteiger partial charge in [-0.25, -0.2) is 0 Å². The molecule has 0 atom stereocenters. The Hall–Kier alpha value is -2.01. The maximum Gasteiger partial charge on any atom is 0.252 e. The number of hydrogen-bond acceptors (Lipinski definition) is 3. The number of phenols is 1. The second-order valence-electron chi connectivity index (χ2n) is 4.05. The molecule has 2 aromatic rings. The molecule has 0 saturated carbocycles. The summed E-state index contributed by atoms with van der Waals surface area (Å²) in [5, 5.41) is 12.4. The Morgan fingerprint density at radius 1 is 1.26 bits per heavy atom. The highest BCUT2D eigenvalue weighted by Gasteiger charge is 2.10. The lowest BCUT2D eigenvalue weighted by Crippen LogP contribution is -2.23. The van der Waals surface area contributed by atoms with Gasteiger partial charge in [-0.05, 0) is 46.3 Å². The molecular weight excluding hydrogens is 308 g/mol. The molecule has 0 saturated heterocycles. The first-order valence-corrected chi connectivity index (χ1v) is 6.47. The van der Waals surface area contributed by atoms with Gasteiger partial charge in [0, 0.05) is 22.3 Å². The minimum atomic E-state index is -0.214. The third-order valence-electron chi connectivity index (χ3n) is 2.66. The maximum absolute atomic E-state index is 12.0. The summed E-state index contributed by atoms with van der Waals surface area (Å²) in [6.45, 7) is 0.219. The molecule has 0 spiro atoms. The first-order chi connectivity index (χ1) is 9.08. The fraction of sp³-hybridized carbons (Fsp3) is 0.0714. The molecule has 0 heterocycles. The fourth-order valence-corrected chi connectivity index (χ4v) is 2.13. The number of hydrogen-bond donors (Lipinski definition) is 3. The Labute approximate surface area is 119 Å². The predicted octanol–water partition coefficient (Wildman–Crippen LogP) is 2.67. The van der Waals surface area contributed by atoms with Crippen LogP contribution in [0.3, 0.4) is 0 Å². The number of halogens is 1. The molecule has 2 rings (SSSR count). The Balaban J connectivity index is 2.09. The van der Waals surface area contributed by atoms with E-state index in [0.29, 0.717) is 16.8 Å². The summed E-state index contributed by atoms with van der Waals surface area (Å²) in [7, 11) is 0. The molecule has 0 aliphatic carbocycles. The van der Waals surface area contributed by atoms with Crippen molar-refractivity contribution in [1.82, 2.24) is 5.32 Å². The average Bonchev–Trinajstić information content (AvgIpc) is 2.40. The zero-order valence-electron chi connectivity index (χ0n) is 10.1. The van der Waals surface area contributed by atoms with Crippen LogP contribution in [0.1, 0.15) is 15.9 Å². The van der Waals surface area contributed by atoms with Crippen molar-refractivity contribution < 1.29 is 9.90 Å². The molecule has 19 heavy (non-hydrogen) atoms. The van der Waals surface area contributed by atoms with E-state index in [9.17, 15) is 9.90 Å². The number of rotatable bonds is 3. The van der Waals surface area contributed by atoms with Crippen LogP contribution in [0.2, 0.25) is 0 Å². The predicted molar refractivity (Wildman–Crippen MR) is 77.8 cm³/mol. The van der Waals surface area contributed by atoms with Crippen LogP contribution >= 0.6 is 15.9 Å². The van der Waals surface area contributed by atoms with E-state index in [4.69, 9.17) is 5.73 Å². The number of anilines is 1. The maximum atomic E-state index is 12.0. The van der Waals surface area contributed by atoms with E-state index in [1.807, 2.05) is 6.07 Å². The van der Waals surface area contributed by atoms with Crippen molar-refractivity contribution in [2.75, 3.05) is 5.73 Å². The van der Waals surface area contributed by atoms with Crippen molar-refractivity contribution in [3.05, 3.63) is 58.1 Å². The summed E-state index contributed by atoms with van der Waals surface area (Å²) in [6, 6.07) is 11.9. The number of carbonyl (C=O) groups is 1. The first kappa shape index (κ1) is 13.4. The molecule has 0 aliphatic heterocycles. The summed E-state index contributed by atoms with van der Waals surface area (Å²) < 4.78 is 0.726. The summed E-state index contributed by atoms with van der Waals surface area (Å²) >= 11 is 3.32. The number of benzene rings is 2. The standard InChI is InChI=1S/C14H13BrN2O2/c15-12-4-2-1-3-11(12)14(19)17-8-9-7-10(16)5-6-13(9)18/h1-7,18H,8,16H2,(H,17,19). The zero-order valence-corrected chi connectivity index (χ0v) is 11.6. The van der Waals surface area contributed by atoms with Crippen LogP contribution in [-0.4, -0.2) is 11.0 Å². The fourth-order valence-electron chi connectivity index (χ4n) is 1.66. The van der Waals surface area contributed by atoms with Crippen LogP contribution in [-0.2, 0) is 6.54 Å². The lowest BCUT2D eigenvalue weighted by molar-refractivity contribution is 0.0950. The molecule has 4 N–H and O–H groups in total. The molecular formula is C14H13BrN2O2.